The van der Waals surface area contributed by atoms with E-state index in [1.165, 1.54) is 26.4 Å². The second-order valence-electron chi connectivity index (χ2n) is 5.10. The summed E-state index contributed by atoms with van der Waals surface area (Å²) in [5.41, 5.74) is 5.87. The summed E-state index contributed by atoms with van der Waals surface area (Å²) in [6, 6.07) is -1.17. The molecule has 0 saturated heterocycles. The topological polar surface area (TPSA) is 81.4 Å². The van der Waals surface area contributed by atoms with Crippen LogP contribution in [0.3, 0.4) is 0 Å². The molecule has 0 heterocycles. The van der Waals surface area contributed by atoms with Gasteiger partial charge in [0.25, 0.3) is 0 Å². The van der Waals surface area contributed by atoms with Gasteiger partial charge in [0, 0.05) is 0 Å². The molecule has 5 heteroatoms. The van der Waals surface area contributed by atoms with Gasteiger partial charge in [0.05, 0.1) is 13.2 Å². The van der Waals surface area contributed by atoms with Gasteiger partial charge in [-0.2, -0.15) is 0 Å². The van der Waals surface area contributed by atoms with E-state index in [-0.39, 0.29) is 5.91 Å². The molecule has 0 bridgehead atoms. The lowest BCUT2D eigenvalue weighted by Gasteiger charge is -2.24. The molecule has 1 fully saturated rings. The smallest absolute Gasteiger partial charge is 0.328 e. The van der Waals surface area contributed by atoms with Crippen LogP contribution < -0.4 is 11.1 Å². The first-order chi connectivity index (χ1) is 8.54. The van der Waals surface area contributed by atoms with Crippen LogP contribution >= 0.6 is 0 Å². The second-order valence-corrected chi connectivity index (χ2v) is 5.10. The van der Waals surface area contributed by atoms with E-state index >= 15 is 0 Å². The summed E-state index contributed by atoms with van der Waals surface area (Å²) >= 11 is 0. The molecule has 1 saturated carbocycles. The van der Waals surface area contributed by atoms with E-state index in [0.717, 1.165) is 12.8 Å². The number of carbonyl (C=O) groups excluding carboxylic acids is 2. The molecule has 18 heavy (non-hydrogen) atoms. The minimum absolute atomic E-state index is 0.265. The van der Waals surface area contributed by atoms with Crippen molar-refractivity contribution in [1.82, 2.24) is 5.32 Å². The number of nitrogens with two attached hydrogens (primary N) is 1. The van der Waals surface area contributed by atoms with E-state index in [1.807, 2.05) is 0 Å². The Bertz CT molecular complexity index is 288. The number of methoxy groups -OCH3 is 1. The molecule has 1 rings (SSSR count). The van der Waals surface area contributed by atoms with Crippen LogP contribution in [-0.2, 0) is 14.3 Å². The predicted octanol–water partition coefficient (Wildman–Crippen LogP) is 0.962. The van der Waals surface area contributed by atoms with Crippen LogP contribution in [0.4, 0.5) is 0 Å². The Labute approximate surface area is 108 Å². The fourth-order valence-electron chi connectivity index (χ4n) is 2.45. The first-order valence-electron chi connectivity index (χ1n) is 6.68. The highest BCUT2D eigenvalue weighted by atomic mass is 16.5. The normalized spacial score (nSPS) is 19.9. The Hall–Kier alpha value is -1.10. The quantitative estimate of drug-likeness (QED) is 0.718. The number of rotatable bonds is 5. The fraction of sp³-hybridized carbons (Fsp3) is 0.846. The lowest BCUT2D eigenvalue weighted by molar-refractivity contribution is -0.144. The zero-order valence-electron chi connectivity index (χ0n) is 11.3. The lowest BCUT2D eigenvalue weighted by atomic mass is 9.85. The maximum atomic E-state index is 11.8. The zero-order valence-corrected chi connectivity index (χ0v) is 11.3. The van der Waals surface area contributed by atoms with Crippen LogP contribution in [0.25, 0.3) is 0 Å². The van der Waals surface area contributed by atoms with Gasteiger partial charge < -0.3 is 15.8 Å². The van der Waals surface area contributed by atoms with Crippen molar-refractivity contribution in [3.8, 4) is 0 Å². The SMILES string of the molecule is COC(=O)C(C)NC(=O)C(N)CC1CCCCC1. The number of hydrogen-bond donors (Lipinski definition) is 2. The summed E-state index contributed by atoms with van der Waals surface area (Å²) in [6.45, 7) is 1.59. The molecule has 1 aliphatic rings. The third-order valence-corrected chi connectivity index (χ3v) is 3.56. The number of esters is 1. The Morgan fingerprint density at radius 1 is 1.33 bits per heavy atom. The molecule has 0 aliphatic heterocycles. The first-order valence-corrected chi connectivity index (χ1v) is 6.68. The van der Waals surface area contributed by atoms with Crippen molar-refractivity contribution in [2.75, 3.05) is 7.11 Å². The van der Waals surface area contributed by atoms with Crippen molar-refractivity contribution < 1.29 is 14.3 Å². The molecule has 2 atom stereocenters. The van der Waals surface area contributed by atoms with Gasteiger partial charge in [0.15, 0.2) is 0 Å². The highest BCUT2D eigenvalue weighted by Crippen LogP contribution is 2.26. The Morgan fingerprint density at radius 2 is 1.94 bits per heavy atom. The molecule has 5 nitrogen and oxygen atoms in total. The van der Waals surface area contributed by atoms with Gasteiger partial charge in [-0.15, -0.1) is 0 Å². The van der Waals surface area contributed by atoms with Gasteiger partial charge in [-0.25, -0.2) is 4.79 Å². The Morgan fingerprint density at radius 3 is 2.50 bits per heavy atom. The molecule has 0 spiro atoms. The summed E-state index contributed by atoms with van der Waals surface area (Å²) in [5.74, 6) is -0.167. The second kappa shape index (κ2) is 7.36. The zero-order chi connectivity index (χ0) is 13.5. The molecule has 0 radical (unpaired) electrons. The monoisotopic (exact) mass is 256 g/mol. The van der Waals surface area contributed by atoms with Crippen molar-refractivity contribution in [2.24, 2.45) is 11.7 Å². The van der Waals surface area contributed by atoms with E-state index in [9.17, 15) is 9.59 Å². The summed E-state index contributed by atoms with van der Waals surface area (Å²) in [6.07, 6.45) is 6.78. The van der Waals surface area contributed by atoms with E-state index in [1.54, 1.807) is 6.92 Å². The number of hydrogen-bond acceptors (Lipinski definition) is 4. The molecule has 2 unspecified atom stereocenters. The van der Waals surface area contributed by atoms with Crippen LogP contribution in [0.1, 0.15) is 45.4 Å². The summed E-state index contributed by atoms with van der Waals surface area (Å²) in [7, 11) is 1.30. The molecular formula is C13H24N2O3. The highest BCUT2D eigenvalue weighted by molar-refractivity contribution is 5.87. The molecule has 0 aromatic rings. The number of amides is 1. The maximum absolute atomic E-state index is 11.8. The Kier molecular flexibility index (Phi) is 6.12. The van der Waals surface area contributed by atoms with Crippen LogP contribution in [0.15, 0.2) is 0 Å². The van der Waals surface area contributed by atoms with E-state index < -0.39 is 18.1 Å². The van der Waals surface area contributed by atoms with Crippen LogP contribution in [0.2, 0.25) is 0 Å². The van der Waals surface area contributed by atoms with Crippen molar-refractivity contribution in [3.05, 3.63) is 0 Å². The molecule has 0 aromatic heterocycles. The molecular weight excluding hydrogens is 232 g/mol. The van der Waals surface area contributed by atoms with E-state index in [4.69, 9.17) is 5.73 Å². The average Bonchev–Trinajstić information content (AvgIpc) is 2.38. The van der Waals surface area contributed by atoms with Crippen molar-refractivity contribution in [2.45, 2.75) is 57.5 Å². The average molecular weight is 256 g/mol. The van der Waals surface area contributed by atoms with Crippen LogP contribution in [0.5, 0.6) is 0 Å². The number of carbonyl (C=O) groups is 2. The van der Waals surface area contributed by atoms with Gasteiger partial charge in [0.2, 0.25) is 5.91 Å². The standard InChI is InChI=1S/C13H24N2O3/c1-9(13(17)18-2)15-12(16)11(14)8-10-6-4-3-5-7-10/h9-11H,3-8,14H2,1-2H3,(H,15,16). The van der Waals surface area contributed by atoms with Crippen LogP contribution in [-0.4, -0.2) is 31.1 Å². The number of ether oxygens (including phenoxy) is 1. The maximum Gasteiger partial charge on any atom is 0.328 e. The van der Waals surface area contributed by atoms with Gasteiger partial charge in [-0.1, -0.05) is 32.1 Å². The van der Waals surface area contributed by atoms with Gasteiger partial charge in [0.1, 0.15) is 6.04 Å². The van der Waals surface area contributed by atoms with E-state index in [0.29, 0.717) is 12.3 Å². The summed E-state index contributed by atoms with van der Waals surface area (Å²) < 4.78 is 4.55. The third kappa shape index (κ3) is 4.64. The largest absolute Gasteiger partial charge is 0.467 e. The van der Waals surface area contributed by atoms with Crippen molar-refractivity contribution in [1.29, 1.82) is 0 Å². The molecule has 104 valence electrons. The first kappa shape index (κ1) is 15.0. The minimum atomic E-state index is -0.639. The predicted molar refractivity (Wildman–Crippen MR) is 68.8 cm³/mol. The van der Waals surface area contributed by atoms with E-state index in [2.05, 4.69) is 10.1 Å². The minimum Gasteiger partial charge on any atom is -0.467 e. The molecule has 1 aliphatic carbocycles. The summed E-state index contributed by atoms with van der Waals surface area (Å²) in [5, 5.41) is 2.58. The third-order valence-electron chi connectivity index (χ3n) is 3.56. The van der Waals surface area contributed by atoms with Crippen molar-refractivity contribution >= 4 is 11.9 Å². The molecule has 0 aromatic carbocycles. The lowest BCUT2D eigenvalue weighted by Crippen LogP contribution is -2.48. The molecule has 3 N–H and O–H groups in total. The van der Waals surface area contributed by atoms with Crippen LogP contribution in [0, 0.1) is 5.92 Å². The fourth-order valence-corrected chi connectivity index (χ4v) is 2.45. The number of nitrogens with one attached hydrogen (secondary N) is 1. The molecule has 1 amide bonds. The highest BCUT2D eigenvalue weighted by Gasteiger charge is 2.24. The Balaban J connectivity index is 2.33. The summed E-state index contributed by atoms with van der Waals surface area (Å²) in [4.78, 5) is 23.0. The van der Waals surface area contributed by atoms with Gasteiger partial charge in [-0.05, 0) is 19.3 Å². The van der Waals surface area contributed by atoms with Gasteiger partial charge in [-0.3, -0.25) is 4.79 Å². The van der Waals surface area contributed by atoms with Crippen molar-refractivity contribution in [3.63, 3.8) is 0 Å². The van der Waals surface area contributed by atoms with Gasteiger partial charge >= 0.3 is 5.97 Å².